The van der Waals surface area contributed by atoms with Crippen molar-refractivity contribution in [3.63, 3.8) is 0 Å². The van der Waals surface area contributed by atoms with Crippen LogP contribution in [-0.4, -0.2) is 31.3 Å². The topological polar surface area (TPSA) is 68.5 Å². The molecule has 0 saturated carbocycles. The van der Waals surface area contributed by atoms with Gasteiger partial charge in [0, 0.05) is 25.9 Å². The van der Waals surface area contributed by atoms with Gasteiger partial charge in [-0.25, -0.2) is 9.97 Å². The molecule has 0 radical (unpaired) electrons. The van der Waals surface area contributed by atoms with Gasteiger partial charge < -0.3 is 9.88 Å². The first kappa shape index (κ1) is 14.3. The van der Waals surface area contributed by atoms with Gasteiger partial charge in [-0.1, -0.05) is 18.0 Å². The van der Waals surface area contributed by atoms with Crippen LogP contribution in [0.2, 0.25) is 5.02 Å². The number of fused-ring (bicyclic) bond motifs is 1. The summed E-state index contributed by atoms with van der Waals surface area (Å²) in [5.74, 6) is 2.93. The van der Waals surface area contributed by atoms with Crippen LogP contribution in [0.3, 0.4) is 0 Å². The maximum absolute atomic E-state index is 6.00. The highest BCUT2D eigenvalue weighted by molar-refractivity contribution is 6.32. The molecular weight excluding hydrogens is 288 g/mol. The van der Waals surface area contributed by atoms with Crippen LogP contribution < -0.4 is 5.32 Å². The van der Waals surface area contributed by atoms with Gasteiger partial charge >= 0.3 is 0 Å². The Morgan fingerprint density at radius 3 is 3.10 bits per heavy atom. The molecule has 3 heterocycles. The molecule has 0 unspecified atom stereocenters. The van der Waals surface area contributed by atoms with Gasteiger partial charge in [0.05, 0.1) is 6.20 Å². The van der Waals surface area contributed by atoms with Crippen LogP contribution in [0.5, 0.6) is 0 Å². The lowest BCUT2D eigenvalue weighted by Crippen LogP contribution is -2.09. The van der Waals surface area contributed by atoms with E-state index in [4.69, 9.17) is 11.6 Å². The third kappa shape index (κ3) is 3.50. The summed E-state index contributed by atoms with van der Waals surface area (Å²) in [5.41, 5.74) is 0. The molecule has 1 aliphatic heterocycles. The Hall–Kier alpha value is -1.69. The molecule has 3 rings (SSSR count). The normalized spacial score (nSPS) is 14.5. The molecule has 0 atom stereocenters. The van der Waals surface area contributed by atoms with E-state index in [0.717, 1.165) is 44.0 Å². The number of nitrogens with one attached hydrogen (secondary N) is 1. The Bertz CT molecular complexity index is 597. The van der Waals surface area contributed by atoms with Crippen molar-refractivity contribution >= 4 is 17.4 Å². The van der Waals surface area contributed by atoms with Crippen molar-refractivity contribution in [2.75, 3.05) is 11.9 Å². The first-order chi connectivity index (χ1) is 10.3. The van der Waals surface area contributed by atoms with E-state index in [0.29, 0.717) is 10.8 Å². The zero-order valence-electron chi connectivity index (χ0n) is 11.9. The number of anilines is 1. The summed E-state index contributed by atoms with van der Waals surface area (Å²) in [5, 5.41) is 12.4. The molecule has 0 saturated heterocycles. The minimum Gasteiger partial charge on any atom is -0.369 e. The molecule has 2 aromatic heterocycles. The second-order valence-electron chi connectivity index (χ2n) is 5.24. The van der Waals surface area contributed by atoms with E-state index in [9.17, 15) is 0 Å². The number of halogens is 1. The number of hydrogen-bond acceptors (Lipinski definition) is 5. The third-order valence-electron chi connectivity index (χ3n) is 3.72. The lowest BCUT2D eigenvalue weighted by atomic mass is 10.2. The first-order valence-electron chi connectivity index (χ1n) is 7.45. The smallest absolute Gasteiger partial charge is 0.148 e. The van der Waals surface area contributed by atoms with Crippen LogP contribution in [0.1, 0.15) is 37.3 Å². The molecule has 21 heavy (non-hydrogen) atoms. The SMILES string of the molecule is Clc1cncnc1NCCCc1nnc2n1CCCCC2. The zero-order chi connectivity index (χ0) is 14.5. The molecule has 1 aliphatic rings. The monoisotopic (exact) mass is 306 g/mol. The number of nitrogens with zero attached hydrogens (tertiary/aromatic N) is 5. The first-order valence-corrected chi connectivity index (χ1v) is 7.83. The van der Waals surface area contributed by atoms with E-state index in [-0.39, 0.29) is 0 Å². The molecule has 0 fully saturated rings. The van der Waals surface area contributed by atoms with Crippen LogP contribution >= 0.6 is 11.6 Å². The van der Waals surface area contributed by atoms with Gasteiger partial charge in [0.2, 0.25) is 0 Å². The van der Waals surface area contributed by atoms with Crippen molar-refractivity contribution in [2.45, 2.75) is 45.1 Å². The van der Waals surface area contributed by atoms with E-state index in [1.165, 1.54) is 25.6 Å². The van der Waals surface area contributed by atoms with Crippen LogP contribution in [-0.2, 0) is 19.4 Å². The Labute approximate surface area is 129 Å². The molecule has 1 N–H and O–H groups in total. The van der Waals surface area contributed by atoms with E-state index in [2.05, 4.69) is 30.0 Å². The predicted octanol–water partition coefficient (Wildman–Crippen LogP) is 2.49. The van der Waals surface area contributed by atoms with Crippen molar-refractivity contribution in [3.05, 3.63) is 29.2 Å². The standard InChI is InChI=1S/C14H19ClN6/c15-11-9-16-10-18-14(11)17-7-4-6-13-20-19-12-5-2-1-3-8-21(12)13/h9-10H,1-8H2,(H,16,17,18). The van der Waals surface area contributed by atoms with Crippen LogP contribution in [0.25, 0.3) is 0 Å². The lowest BCUT2D eigenvalue weighted by Gasteiger charge is -2.08. The van der Waals surface area contributed by atoms with Crippen molar-refractivity contribution in [1.29, 1.82) is 0 Å². The van der Waals surface area contributed by atoms with E-state index < -0.39 is 0 Å². The fourth-order valence-corrected chi connectivity index (χ4v) is 2.80. The summed E-state index contributed by atoms with van der Waals surface area (Å²) in [6.07, 6.45) is 9.78. The maximum atomic E-state index is 6.00. The van der Waals surface area contributed by atoms with Crippen LogP contribution in [0.4, 0.5) is 5.82 Å². The molecule has 0 aliphatic carbocycles. The van der Waals surface area contributed by atoms with Gasteiger partial charge in [0.1, 0.15) is 28.8 Å². The molecule has 7 heteroatoms. The lowest BCUT2D eigenvalue weighted by molar-refractivity contribution is 0.599. The minimum absolute atomic E-state index is 0.550. The molecule has 0 spiro atoms. The largest absolute Gasteiger partial charge is 0.369 e. The predicted molar refractivity (Wildman–Crippen MR) is 81.4 cm³/mol. The van der Waals surface area contributed by atoms with Gasteiger partial charge in [0.15, 0.2) is 0 Å². The van der Waals surface area contributed by atoms with Crippen molar-refractivity contribution in [2.24, 2.45) is 0 Å². The quantitative estimate of drug-likeness (QED) is 0.860. The molecule has 6 nitrogen and oxygen atoms in total. The Kier molecular flexibility index (Phi) is 4.65. The molecule has 0 amide bonds. The number of hydrogen-bond donors (Lipinski definition) is 1. The third-order valence-corrected chi connectivity index (χ3v) is 4.00. The fraction of sp³-hybridized carbons (Fsp3) is 0.571. The maximum Gasteiger partial charge on any atom is 0.148 e. The Balaban J connectivity index is 1.52. The van der Waals surface area contributed by atoms with Gasteiger partial charge in [-0.05, 0) is 19.3 Å². The second kappa shape index (κ2) is 6.85. The summed E-state index contributed by atoms with van der Waals surface area (Å²) in [6.45, 7) is 1.86. The van der Waals surface area contributed by atoms with Gasteiger partial charge in [-0.15, -0.1) is 10.2 Å². The second-order valence-corrected chi connectivity index (χ2v) is 5.65. The molecular formula is C14H19ClN6. The average molecular weight is 307 g/mol. The van der Waals surface area contributed by atoms with Crippen molar-refractivity contribution in [3.8, 4) is 0 Å². The van der Waals surface area contributed by atoms with E-state index >= 15 is 0 Å². The zero-order valence-corrected chi connectivity index (χ0v) is 12.7. The van der Waals surface area contributed by atoms with Crippen molar-refractivity contribution < 1.29 is 0 Å². The highest BCUT2D eigenvalue weighted by Gasteiger charge is 2.14. The summed E-state index contributed by atoms with van der Waals surface area (Å²) < 4.78 is 2.30. The average Bonchev–Trinajstić information content (AvgIpc) is 2.73. The van der Waals surface area contributed by atoms with Crippen LogP contribution in [0.15, 0.2) is 12.5 Å². The summed E-state index contributed by atoms with van der Waals surface area (Å²) >= 11 is 6.00. The number of rotatable bonds is 5. The number of aryl methyl sites for hydroxylation is 2. The van der Waals surface area contributed by atoms with Crippen LogP contribution in [0, 0.1) is 0 Å². The Morgan fingerprint density at radius 1 is 1.24 bits per heavy atom. The summed E-state index contributed by atoms with van der Waals surface area (Å²) in [6, 6.07) is 0. The molecule has 0 aromatic carbocycles. The molecule has 112 valence electrons. The van der Waals surface area contributed by atoms with Gasteiger partial charge in [-0.2, -0.15) is 0 Å². The number of aromatic nitrogens is 5. The van der Waals surface area contributed by atoms with Gasteiger partial charge in [0.25, 0.3) is 0 Å². The minimum atomic E-state index is 0.550. The highest BCUT2D eigenvalue weighted by Crippen LogP contribution is 2.17. The molecule has 2 aromatic rings. The fourth-order valence-electron chi connectivity index (χ4n) is 2.63. The van der Waals surface area contributed by atoms with Crippen molar-refractivity contribution in [1.82, 2.24) is 24.7 Å². The van der Waals surface area contributed by atoms with E-state index in [1.54, 1.807) is 6.20 Å². The summed E-state index contributed by atoms with van der Waals surface area (Å²) in [7, 11) is 0. The molecule has 0 bridgehead atoms. The summed E-state index contributed by atoms with van der Waals surface area (Å²) in [4.78, 5) is 7.97. The van der Waals surface area contributed by atoms with Gasteiger partial charge in [-0.3, -0.25) is 0 Å². The highest BCUT2D eigenvalue weighted by atomic mass is 35.5. The van der Waals surface area contributed by atoms with E-state index in [1.807, 2.05) is 0 Å². The Morgan fingerprint density at radius 2 is 2.19 bits per heavy atom.